The molecule has 0 saturated heterocycles. The van der Waals surface area contributed by atoms with Gasteiger partial charge in [-0.05, 0) is 28.1 Å². The third-order valence-electron chi connectivity index (χ3n) is 1.86. The Morgan fingerprint density at radius 2 is 2.33 bits per heavy atom. The molecule has 1 heterocycles. The number of hydrogen-bond acceptors (Lipinski definition) is 3. The number of aromatic nitrogens is 1. The number of halogens is 2. The zero-order valence-corrected chi connectivity index (χ0v) is 10.1. The molecule has 0 fully saturated rings. The van der Waals surface area contributed by atoms with Gasteiger partial charge in [0.25, 0.3) is 0 Å². The van der Waals surface area contributed by atoms with Crippen molar-refractivity contribution >= 4 is 33.0 Å². The summed E-state index contributed by atoms with van der Waals surface area (Å²) in [7, 11) is 0. The van der Waals surface area contributed by atoms with Gasteiger partial charge < -0.3 is 5.32 Å². The maximum Gasteiger partial charge on any atom is 0.147 e. The standard InChI is InChI=1S/C10H8BrFN2S/c11-7-2-1-3-8(12)10(7)14-6-9-13-4-5-15-9/h1-5,14H,6H2. The molecule has 0 saturated carbocycles. The van der Waals surface area contributed by atoms with Gasteiger partial charge in [-0.3, -0.25) is 0 Å². The molecule has 1 aromatic heterocycles. The Balaban J connectivity index is 2.11. The predicted molar refractivity (Wildman–Crippen MR) is 63.5 cm³/mol. The van der Waals surface area contributed by atoms with Crippen LogP contribution in [0.3, 0.4) is 0 Å². The first-order valence-corrected chi connectivity index (χ1v) is 6.01. The molecule has 15 heavy (non-hydrogen) atoms. The number of anilines is 1. The molecule has 0 radical (unpaired) electrons. The van der Waals surface area contributed by atoms with Crippen molar-refractivity contribution in [3.63, 3.8) is 0 Å². The van der Waals surface area contributed by atoms with E-state index in [-0.39, 0.29) is 5.82 Å². The van der Waals surface area contributed by atoms with Crippen LogP contribution < -0.4 is 5.32 Å². The van der Waals surface area contributed by atoms with Crippen LogP contribution in [0.4, 0.5) is 10.1 Å². The zero-order valence-electron chi connectivity index (χ0n) is 7.71. The second-order valence-electron chi connectivity index (χ2n) is 2.88. The molecule has 0 spiro atoms. The molecule has 0 bridgehead atoms. The Morgan fingerprint density at radius 1 is 1.47 bits per heavy atom. The van der Waals surface area contributed by atoms with E-state index in [1.807, 2.05) is 5.38 Å². The Hall–Kier alpha value is -0.940. The van der Waals surface area contributed by atoms with E-state index in [2.05, 4.69) is 26.2 Å². The average molecular weight is 287 g/mol. The first-order valence-electron chi connectivity index (χ1n) is 4.33. The summed E-state index contributed by atoms with van der Waals surface area (Å²) >= 11 is 4.83. The molecule has 0 aliphatic rings. The highest BCUT2D eigenvalue weighted by Crippen LogP contribution is 2.25. The number of hydrogen-bond donors (Lipinski definition) is 1. The van der Waals surface area contributed by atoms with Crippen molar-refractivity contribution in [1.82, 2.24) is 4.98 Å². The molecule has 0 amide bonds. The Bertz CT molecular complexity index is 424. The first-order chi connectivity index (χ1) is 7.27. The van der Waals surface area contributed by atoms with Gasteiger partial charge in [0, 0.05) is 16.0 Å². The van der Waals surface area contributed by atoms with Crippen molar-refractivity contribution in [3.8, 4) is 0 Å². The van der Waals surface area contributed by atoms with Crippen LogP contribution in [-0.4, -0.2) is 4.98 Å². The molecule has 0 unspecified atom stereocenters. The van der Waals surface area contributed by atoms with Crippen LogP contribution in [-0.2, 0) is 6.54 Å². The molecule has 78 valence electrons. The monoisotopic (exact) mass is 286 g/mol. The third-order valence-corrected chi connectivity index (χ3v) is 3.30. The molecular formula is C10H8BrFN2S. The van der Waals surface area contributed by atoms with Gasteiger partial charge in [-0.2, -0.15) is 0 Å². The minimum absolute atomic E-state index is 0.263. The first kappa shape index (κ1) is 10.6. The fourth-order valence-corrected chi connectivity index (χ4v) is 2.21. The largest absolute Gasteiger partial charge is 0.375 e. The maximum absolute atomic E-state index is 13.4. The van der Waals surface area contributed by atoms with Crippen LogP contribution in [0.15, 0.2) is 34.2 Å². The van der Waals surface area contributed by atoms with Crippen molar-refractivity contribution in [2.24, 2.45) is 0 Å². The van der Waals surface area contributed by atoms with Crippen LogP contribution in [0.25, 0.3) is 0 Å². The highest BCUT2D eigenvalue weighted by molar-refractivity contribution is 9.10. The molecule has 1 aromatic carbocycles. The van der Waals surface area contributed by atoms with Crippen LogP contribution in [0.2, 0.25) is 0 Å². The third kappa shape index (κ3) is 2.54. The maximum atomic E-state index is 13.4. The lowest BCUT2D eigenvalue weighted by atomic mass is 10.3. The van der Waals surface area contributed by atoms with Crippen molar-refractivity contribution in [2.45, 2.75) is 6.54 Å². The molecule has 2 rings (SSSR count). The Labute approximate surface area is 99.3 Å². The SMILES string of the molecule is Fc1cccc(Br)c1NCc1nccs1. The van der Waals surface area contributed by atoms with Crippen LogP contribution >= 0.6 is 27.3 Å². The van der Waals surface area contributed by atoms with Gasteiger partial charge in [0.05, 0.1) is 12.2 Å². The van der Waals surface area contributed by atoms with E-state index in [4.69, 9.17) is 0 Å². The van der Waals surface area contributed by atoms with E-state index < -0.39 is 0 Å². The summed E-state index contributed by atoms with van der Waals surface area (Å²) in [5.74, 6) is -0.263. The van der Waals surface area contributed by atoms with Gasteiger partial charge >= 0.3 is 0 Å². The lowest BCUT2D eigenvalue weighted by Gasteiger charge is -2.07. The highest BCUT2D eigenvalue weighted by Gasteiger charge is 2.05. The van der Waals surface area contributed by atoms with E-state index in [1.54, 1.807) is 29.7 Å². The van der Waals surface area contributed by atoms with Gasteiger partial charge in [0.2, 0.25) is 0 Å². The molecule has 2 nitrogen and oxygen atoms in total. The number of nitrogens with zero attached hydrogens (tertiary/aromatic N) is 1. The predicted octanol–water partition coefficient (Wildman–Crippen LogP) is 3.66. The summed E-state index contributed by atoms with van der Waals surface area (Å²) in [4.78, 5) is 4.11. The number of benzene rings is 1. The molecule has 0 aliphatic carbocycles. The zero-order chi connectivity index (χ0) is 10.7. The summed E-state index contributed by atoms with van der Waals surface area (Å²) < 4.78 is 14.1. The summed E-state index contributed by atoms with van der Waals surface area (Å²) in [6.45, 7) is 0.539. The van der Waals surface area contributed by atoms with E-state index >= 15 is 0 Å². The fourth-order valence-electron chi connectivity index (χ4n) is 1.17. The quantitative estimate of drug-likeness (QED) is 0.932. The van der Waals surface area contributed by atoms with Crippen LogP contribution in [0.5, 0.6) is 0 Å². The highest BCUT2D eigenvalue weighted by atomic mass is 79.9. The topological polar surface area (TPSA) is 24.9 Å². The summed E-state index contributed by atoms with van der Waals surface area (Å²) in [5, 5.41) is 5.84. The Morgan fingerprint density at radius 3 is 3.00 bits per heavy atom. The number of para-hydroxylation sites is 1. The second-order valence-corrected chi connectivity index (χ2v) is 4.71. The van der Waals surface area contributed by atoms with Gasteiger partial charge in [-0.1, -0.05) is 6.07 Å². The molecule has 2 aromatic rings. The van der Waals surface area contributed by atoms with Crippen molar-refractivity contribution in [1.29, 1.82) is 0 Å². The van der Waals surface area contributed by atoms with Crippen molar-refractivity contribution in [3.05, 3.63) is 45.1 Å². The van der Waals surface area contributed by atoms with E-state index in [1.165, 1.54) is 6.07 Å². The van der Waals surface area contributed by atoms with Gasteiger partial charge in [0.1, 0.15) is 10.8 Å². The number of thiazole rings is 1. The lowest BCUT2D eigenvalue weighted by Crippen LogP contribution is -2.01. The van der Waals surface area contributed by atoms with Crippen molar-refractivity contribution in [2.75, 3.05) is 5.32 Å². The van der Waals surface area contributed by atoms with E-state index in [9.17, 15) is 4.39 Å². The lowest BCUT2D eigenvalue weighted by molar-refractivity contribution is 0.629. The second kappa shape index (κ2) is 4.72. The fraction of sp³-hybridized carbons (Fsp3) is 0.100. The number of nitrogens with one attached hydrogen (secondary N) is 1. The summed E-state index contributed by atoms with van der Waals surface area (Å²) in [6.07, 6.45) is 1.73. The summed E-state index contributed by atoms with van der Waals surface area (Å²) in [6, 6.07) is 4.89. The van der Waals surface area contributed by atoms with Crippen molar-refractivity contribution < 1.29 is 4.39 Å². The van der Waals surface area contributed by atoms with Gasteiger partial charge in [-0.25, -0.2) is 9.37 Å². The number of rotatable bonds is 3. The minimum Gasteiger partial charge on any atom is -0.375 e. The molecule has 5 heteroatoms. The van der Waals surface area contributed by atoms with Gasteiger partial charge in [-0.15, -0.1) is 11.3 Å². The minimum atomic E-state index is -0.263. The Kier molecular flexibility index (Phi) is 3.33. The van der Waals surface area contributed by atoms with Gasteiger partial charge in [0.15, 0.2) is 0 Å². The normalized spacial score (nSPS) is 10.3. The summed E-state index contributed by atoms with van der Waals surface area (Å²) in [5.41, 5.74) is 0.479. The smallest absolute Gasteiger partial charge is 0.147 e. The average Bonchev–Trinajstić information content (AvgIpc) is 2.70. The van der Waals surface area contributed by atoms with Crippen LogP contribution in [0.1, 0.15) is 5.01 Å². The molecule has 0 aliphatic heterocycles. The van der Waals surface area contributed by atoms with E-state index in [0.717, 1.165) is 9.48 Å². The van der Waals surface area contributed by atoms with Crippen LogP contribution in [0, 0.1) is 5.82 Å². The molecule has 1 N–H and O–H groups in total. The molecule has 0 atom stereocenters. The molecular weight excluding hydrogens is 279 g/mol. The van der Waals surface area contributed by atoms with E-state index in [0.29, 0.717) is 12.2 Å².